The van der Waals surface area contributed by atoms with Crippen LogP contribution in [0.3, 0.4) is 0 Å². The number of amides is 2. The standard InChI is InChI=1S/C33H33Cl2N3O5S/c1-23-12-14-25(15-13-23)38(44(41,42)27-18-16-26(43-3)17-19-27)22-32(39)37(21-28-29(34)10-7-11-30(28)35)31(33(40)36-2)20-24-8-5-4-6-9-24/h4-19,31H,20-22H2,1-3H3,(H,36,40)/t31-/m1/s1. The average Bonchev–Trinajstić information content (AvgIpc) is 3.03. The van der Waals surface area contributed by atoms with Crippen molar-refractivity contribution in [2.45, 2.75) is 30.8 Å². The van der Waals surface area contributed by atoms with Crippen LogP contribution in [-0.4, -0.2) is 51.9 Å². The third-order valence-corrected chi connectivity index (χ3v) is 9.65. The number of sulfonamides is 1. The summed E-state index contributed by atoms with van der Waals surface area (Å²) in [6, 6.07) is 25.9. The van der Waals surface area contributed by atoms with Gasteiger partial charge in [-0.05, 0) is 61.0 Å². The topological polar surface area (TPSA) is 96.0 Å². The molecule has 0 fully saturated rings. The van der Waals surface area contributed by atoms with Gasteiger partial charge in [0.25, 0.3) is 10.0 Å². The molecule has 0 saturated heterocycles. The van der Waals surface area contributed by atoms with Crippen molar-refractivity contribution >= 4 is 50.7 Å². The second-order valence-corrected chi connectivity index (χ2v) is 12.7. The van der Waals surface area contributed by atoms with Gasteiger partial charge in [-0.3, -0.25) is 13.9 Å². The second kappa shape index (κ2) is 14.6. The molecule has 0 spiro atoms. The number of halogens is 2. The summed E-state index contributed by atoms with van der Waals surface area (Å²) >= 11 is 13.0. The smallest absolute Gasteiger partial charge is 0.264 e. The van der Waals surface area contributed by atoms with Gasteiger partial charge >= 0.3 is 0 Å². The van der Waals surface area contributed by atoms with E-state index in [0.717, 1.165) is 15.4 Å². The van der Waals surface area contributed by atoms with Crippen molar-refractivity contribution in [1.82, 2.24) is 10.2 Å². The molecule has 1 atom stereocenters. The van der Waals surface area contributed by atoms with E-state index >= 15 is 0 Å². The molecule has 4 aromatic rings. The Hall–Kier alpha value is -4.05. The lowest BCUT2D eigenvalue weighted by molar-refractivity contribution is -0.139. The van der Waals surface area contributed by atoms with Gasteiger partial charge in [-0.1, -0.05) is 77.3 Å². The Morgan fingerprint density at radius 2 is 1.48 bits per heavy atom. The maximum Gasteiger partial charge on any atom is 0.264 e. The quantitative estimate of drug-likeness (QED) is 0.206. The molecule has 44 heavy (non-hydrogen) atoms. The lowest BCUT2D eigenvalue weighted by atomic mass is 10.0. The number of hydrogen-bond acceptors (Lipinski definition) is 5. The predicted octanol–water partition coefficient (Wildman–Crippen LogP) is 5.89. The number of methoxy groups -OCH3 is 1. The van der Waals surface area contributed by atoms with Gasteiger partial charge in [0, 0.05) is 35.6 Å². The number of nitrogens with one attached hydrogen (secondary N) is 1. The van der Waals surface area contributed by atoms with Gasteiger partial charge in [0.2, 0.25) is 11.8 Å². The minimum Gasteiger partial charge on any atom is -0.497 e. The lowest BCUT2D eigenvalue weighted by Crippen LogP contribution is -2.53. The van der Waals surface area contributed by atoms with E-state index in [0.29, 0.717) is 21.4 Å². The Kier molecular flexibility index (Phi) is 10.9. The molecule has 8 nitrogen and oxygen atoms in total. The highest BCUT2D eigenvalue weighted by Gasteiger charge is 2.35. The van der Waals surface area contributed by atoms with Gasteiger partial charge in [0.05, 0.1) is 17.7 Å². The van der Waals surface area contributed by atoms with Gasteiger partial charge in [0.1, 0.15) is 18.3 Å². The first-order valence-electron chi connectivity index (χ1n) is 13.8. The highest BCUT2D eigenvalue weighted by Crippen LogP contribution is 2.29. The zero-order valence-electron chi connectivity index (χ0n) is 24.5. The maximum atomic E-state index is 14.4. The molecule has 0 aliphatic carbocycles. The normalized spacial score (nSPS) is 11.8. The summed E-state index contributed by atoms with van der Waals surface area (Å²) in [5.74, 6) is -0.563. The fourth-order valence-corrected chi connectivity index (χ4v) is 6.62. The highest BCUT2D eigenvalue weighted by atomic mass is 35.5. The molecule has 11 heteroatoms. The number of likely N-dealkylation sites (N-methyl/N-ethyl adjacent to an activating group) is 1. The van der Waals surface area contributed by atoms with E-state index in [1.807, 2.05) is 37.3 Å². The molecule has 2 amide bonds. The van der Waals surface area contributed by atoms with Crippen LogP contribution in [0.4, 0.5) is 5.69 Å². The van der Waals surface area contributed by atoms with E-state index in [2.05, 4.69) is 5.32 Å². The zero-order chi connectivity index (χ0) is 31.9. The fraction of sp³-hybridized carbons (Fsp3) is 0.212. The zero-order valence-corrected chi connectivity index (χ0v) is 26.9. The van der Waals surface area contributed by atoms with Gasteiger partial charge in [0.15, 0.2) is 0 Å². The van der Waals surface area contributed by atoms with Crippen LogP contribution in [-0.2, 0) is 32.6 Å². The molecule has 0 bridgehead atoms. The van der Waals surface area contributed by atoms with E-state index in [9.17, 15) is 18.0 Å². The largest absolute Gasteiger partial charge is 0.497 e. The number of carbonyl (C=O) groups excluding carboxylic acids is 2. The Morgan fingerprint density at radius 3 is 2.05 bits per heavy atom. The van der Waals surface area contributed by atoms with Crippen LogP contribution in [0.1, 0.15) is 16.7 Å². The number of nitrogens with zero attached hydrogens (tertiary/aromatic N) is 2. The molecule has 0 aromatic heterocycles. The fourth-order valence-electron chi connectivity index (χ4n) is 4.69. The predicted molar refractivity (Wildman–Crippen MR) is 174 cm³/mol. The first-order chi connectivity index (χ1) is 21.0. The van der Waals surface area contributed by atoms with E-state index in [-0.39, 0.29) is 23.5 Å². The van der Waals surface area contributed by atoms with E-state index in [4.69, 9.17) is 27.9 Å². The summed E-state index contributed by atoms with van der Waals surface area (Å²) in [7, 11) is -1.27. The number of rotatable bonds is 12. The van der Waals surface area contributed by atoms with Crippen LogP contribution in [0.5, 0.6) is 5.75 Å². The highest BCUT2D eigenvalue weighted by molar-refractivity contribution is 7.92. The van der Waals surface area contributed by atoms with Gasteiger partial charge in [-0.15, -0.1) is 0 Å². The van der Waals surface area contributed by atoms with Gasteiger partial charge in [-0.2, -0.15) is 0 Å². The second-order valence-electron chi connectivity index (χ2n) is 10.1. The number of hydrogen-bond donors (Lipinski definition) is 1. The summed E-state index contributed by atoms with van der Waals surface area (Å²) in [6.07, 6.45) is 0.171. The van der Waals surface area contributed by atoms with E-state index in [1.165, 1.54) is 43.3 Å². The van der Waals surface area contributed by atoms with E-state index < -0.39 is 34.4 Å². The minimum absolute atomic E-state index is 0.0282. The Morgan fingerprint density at radius 1 is 0.864 bits per heavy atom. The molecule has 230 valence electrons. The van der Waals surface area contributed by atoms with Crippen LogP contribution in [0.25, 0.3) is 0 Å². The lowest BCUT2D eigenvalue weighted by Gasteiger charge is -2.34. The minimum atomic E-state index is -4.24. The van der Waals surface area contributed by atoms with Crippen LogP contribution < -0.4 is 14.4 Å². The molecular formula is C33H33Cl2N3O5S. The summed E-state index contributed by atoms with van der Waals surface area (Å²) in [6.45, 7) is 1.15. The number of aryl methyl sites for hydroxylation is 1. The number of carbonyl (C=O) groups is 2. The molecule has 0 radical (unpaired) electrons. The summed E-state index contributed by atoms with van der Waals surface area (Å²) in [5.41, 5.74) is 2.45. The number of anilines is 1. The first-order valence-corrected chi connectivity index (χ1v) is 16.0. The monoisotopic (exact) mass is 653 g/mol. The Balaban J connectivity index is 1.81. The van der Waals surface area contributed by atoms with Crippen molar-refractivity contribution in [3.8, 4) is 5.75 Å². The Labute approximate surface area is 268 Å². The summed E-state index contributed by atoms with van der Waals surface area (Å²) in [4.78, 5) is 29.1. The molecule has 0 aliphatic heterocycles. The SMILES string of the molecule is CNC(=O)[C@@H](Cc1ccccc1)N(Cc1c(Cl)cccc1Cl)C(=O)CN(c1ccc(C)cc1)S(=O)(=O)c1ccc(OC)cc1. The Bertz CT molecular complexity index is 1680. The summed E-state index contributed by atoms with van der Waals surface area (Å²) in [5, 5.41) is 3.28. The third-order valence-electron chi connectivity index (χ3n) is 7.16. The third kappa shape index (κ3) is 7.72. The van der Waals surface area contributed by atoms with Crippen LogP contribution in [0, 0.1) is 6.92 Å². The van der Waals surface area contributed by atoms with Crippen LogP contribution in [0.2, 0.25) is 10.0 Å². The molecule has 0 saturated carbocycles. The van der Waals surface area contributed by atoms with E-state index in [1.54, 1.807) is 42.5 Å². The van der Waals surface area contributed by atoms with Crippen LogP contribution >= 0.6 is 23.2 Å². The number of ether oxygens (including phenoxy) is 1. The van der Waals surface area contributed by atoms with Gasteiger partial charge in [-0.25, -0.2) is 8.42 Å². The number of benzene rings is 4. The molecule has 0 heterocycles. The average molecular weight is 655 g/mol. The maximum absolute atomic E-state index is 14.4. The molecular weight excluding hydrogens is 621 g/mol. The van der Waals surface area contributed by atoms with Crippen LogP contribution in [0.15, 0.2) is 102 Å². The molecule has 0 aliphatic rings. The molecule has 0 unspecified atom stereocenters. The molecule has 4 aromatic carbocycles. The van der Waals surface area contributed by atoms with Crippen molar-refractivity contribution in [3.05, 3.63) is 124 Å². The molecule has 1 N–H and O–H groups in total. The van der Waals surface area contributed by atoms with Crippen molar-refractivity contribution < 1.29 is 22.7 Å². The van der Waals surface area contributed by atoms with Crippen molar-refractivity contribution in [2.75, 3.05) is 25.0 Å². The van der Waals surface area contributed by atoms with Crippen molar-refractivity contribution in [1.29, 1.82) is 0 Å². The van der Waals surface area contributed by atoms with Crippen molar-refractivity contribution in [2.24, 2.45) is 0 Å². The summed E-state index contributed by atoms with van der Waals surface area (Å²) < 4.78 is 34.4. The first kappa shape index (κ1) is 32.9. The molecule has 4 rings (SSSR count). The van der Waals surface area contributed by atoms with Crippen molar-refractivity contribution in [3.63, 3.8) is 0 Å². The van der Waals surface area contributed by atoms with Gasteiger partial charge < -0.3 is 15.0 Å².